The number of hydrogen-bond acceptors (Lipinski definition) is 18. The van der Waals surface area contributed by atoms with E-state index < -0.39 is 102 Å². The number of rotatable bonds is 45. The number of nitrogen functional groups attached to an aromatic ring is 1. The lowest BCUT2D eigenvalue weighted by molar-refractivity contribution is -0.161. The summed E-state index contributed by atoms with van der Waals surface area (Å²) in [5.74, 6) is -0.845. The van der Waals surface area contributed by atoms with Crippen LogP contribution in [0, 0.1) is 5.92 Å². The standard InChI is InChI=1S/C54H93N3O18P2/c1-4-5-24-31-43(58)32-26-21-18-19-22-27-33-45(59)46(60)34-29-36-50(62)73-44(39-70-49(61)35-28-23-17-15-13-11-9-7-6-8-10-12-14-16-20-25-30-42(2)3)40-71-76(66,67)75-77(68,69)72-41-47-51(63)52(64)53(74-47)57-38-37-48(55)56-54(57)65/h18-19,21-22,26-27,32-33,37-38,42-47,51-53,58-60,63-64H,4-17,20,23-25,28-31,34-36,39-41H2,1-3H3,(H,66,67)(H,68,69)(H2,55,56,65)/b21-18-,22-19+,32-26+,33-27+/t43-,44+,45-,46-,47+,51+,52+,53+/m0/s1. The van der Waals surface area contributed by atoms with Crippen LogP contribution in [0.15, 0.2) is 65.7 Å². The van der Waals surface area contributed by atoms with Crippen molar-refractivity contribution in [1.82, 2.24) is 9.55 Å². The maximum Gasteiger partial charge on any atom is 0.481 e. The van der Waals surface area contributed by atoms with Crippen molar-refractivity contribution in [3.8, 4) is 0 Å². The van der Waals surface area contributed by atoms with E-state index in [4.69, 9.17) is 29.0 Å². The molecule has 1 aromatic rings. The van der Waals surface area contributed by atoms with Crippen LogP contribution in [-0.4, -0.2) is 119 Å². The Balaban J connectivity index is 1.85. The number of nitrogens with two attached hydrogens (primary N) is 1. The van der Waals surface area contributed by atoms with Gasteiger partial charge in [-0.15, -0.1) is 0 Å². The molecule has 10 atom stereocenters. The van der Waals surface area contributed by atoms with Gasteiger partial charge in [0.25, 0.3) is 0 Å². The van der Waals surface area contributed by atoms with Gasteiger partial charge >= 0.3 is 33.3 Å². The Hall–Kier alpha value is -3.40. The number of esters is 2. The molecule has 0 aromatic carbocycles. The van der Waals surface area contributed by atoms with Crippen LogP contribution in [0.3, 0.4) is 0 Å². The van der Waals surface area contributed by atoms with Crippen molar-refractivity contribution in [2.75, 3.05) is 25.6 Å². The van der Waals surface area contributed by atoms with Gasteiger partial charge in [-0.25, -0.2) is 13.9 Å². The molecular formula is C54H93N3O18P2. The summed E-state index contributed by atoms with van der Waals surface area (Å²) in [5.41, 5.74) is 4.56. The van der Waals surface area contributed by atoms with E-state index in [1.807, 2.05) is 0 Å². The molecule has 442 valence electrons. The van der Waals surface area contributed by atoms with Gasteiger partial charge in [-0.2, -0.15) is 9.29 Å². The summed E-state index contributed by atoms with van der Waals surface area (Å²) in [6.45, 7) is 4.07. The monoisotopic (exact) mass is 1130 g/mol. The van der Waals surface area contributed by atoms with Crippen LogP contribution in [0.1, 0.15) is 188 Å². The fourth-order valence-electron chi connectivity index (χ4n) is 8.24. The number of aliphatic hydroxyl groups is 5. The second-order valence-corrected chi connectivity index (χ2v) is 23.2. The summed E-state index contributed by atoms with van der Waals surface area (Å²) in [6, 6.07) is 1.23. The molecule has 77 heavy (non-hydrogen) atoms. The van der Waals surface area contributed by atoms with Crippen molar-refractivity contribution in [1.29, 1.82) is 0 Å². The number of unbranched alkanes of at least 4 members (excludes halogenated alkanes) is 17. The number of phosphoric acid groups is 2. The Morgan fingerprint density at radius 3 is 1.82 bits per heavy atom. The molecule has 0 amide bonds. The van der Waals surface area contributed by atoms with E-state index in [1.165, 1.54) is 95.3 Å². The third kappa shape index (κ3) is 33.7. The lowest BCUT2D eigenvalue weighted by Gasteiger charge is -2.21. The first-order valence-corrected chi connectivity index (χ1v) is 30.8. The number of anilines is 1. The minimum atomic E-state index is -5.52. The minimum Gasteiger partial charge on any atom is -0.462 e. The largest absolute Gasteiger partial charge is 0.481 e. The molecule has 1 aliphatic rings. The van der Waals surface area contributed by atoms with E-state index in [9.17, 15) is 58.8 Å². The minimum absolute atomic E-state index is 0.0316. The highest BCUT2D eigenvalue weighted by Crippen LogP contribution is 2.60. The number of carbonyl (C=O) groups is 2. The Bertz CT molecular complexity index is 2050. The number of allylic oxidation sites excluding steroid dienone is 6. The molecule has 9 N–H and O–H groups in total. The van der Waals surface area contributed by atoms with Crippen LogP contribution in [-0.2, 0) is 46.3 Å². The van der Waals surface area contributed by atoms with E-state index in [-0.39, 0.29) is 31.5 Å². The maximum absolute atomic E-state index is 12.9. The fraction of sp³-hybridized carbons (Fsp3) is 0.741. The predicted molar refractivity (Wildman–Crippen MR) is 293 cm³/mol. The van der Waals surface area contributed by atoms with Gasteiger partial charge in [0.2, 0.25) is 0 Å². The average molecular weight is 1130 g/mol. The van der Waals surface area contributed by atoms with Gasteiger partial charge in [-0.05, 0) is 37.7 Å². The fourth-order valence-corrected chi connectivity index (χ4v) is 10.3. The third-order valence-electron chi connectivity index (χ3n) is 12.7. The van der Waals surface area contributed by atoms with Crippen molar-refractivity contribution in [3.63, 3.8) is 0 Å². The Labute approximate surface area is 456 Å². The van der Waals surface area contributed by atoms with Gasteiger partial charge in [0, 0.05) is 19.0 Å². The maximum atomic E-state index is 12.9. The van der Waals surface area contributed by atoms with Crippen LogP contribution in [0.25, 0.3) is 0 Å². The van der Waals surface area contributed by atoms with E-state index >= 15 is 0 Å². The molecule has 21 nitrogen and oxygen atoms in total. The van der Waals surface area contributed by atoms with Crippen LogP contribution in [0.5, 0.6) is 0 Å². The van der Waals surface area contributed by atoms with E-state index in [0.717, 1.165) is 61.6 Å². The molecule has 0 spiro atoms. The Kier molecular flexibility index (Phi) is 36.9. The van der Waals surface area contributed by atoms with E-state index in [2.05, 4.69) is 30.1 Å². The van der Waals surface area contributed by atoms with Crippen molar-refractivity contribution < 1.29 is 81.6 Å². The molecule has 0 saturated carbocycles. The molecule has 23 heteroatoms. The molecule has 2 heterocycles. The highest BCUT2D eigenvalue weighted by atomic mass is 31.3. The zero-order valence-electron chi connectivity index (χ0n) is 45.8. The number of carbonyl (C=O) groups excluding carboxylic acids is 2. The highest BCUT2D eigenvalue weighted by molar-refractivity contribution is 7.61. The van der Waals surface area contributed by atoms with Crippen molar-refractivity contribution in [3.05, 3.63) is 71.4 Å². The molecule has 1 saturated heterocycles. The lowest BCUT2D eigenvalue weighted by Crippen LogP contribution is -2.36. The van der Waals surface area contributed by atoms with Gasteiger partial charge < -0.3 is 55.3 Å². The van der Waals surface area contributed by atoms with E-state index in [0.29, 0.717) is 12.8 Å². The van der Waals surface area contributed by atoms with Gasteiger partial charge in [0.05, 0.1) is 31.5 Å². The molecule has 2 unspecified atom stereocenters. The second kappa shape index (κ2) is 40.7. The van der Waals surface area contributed by atoms with Gasteiger partial charge in [0.15, 0.2) is 12.3 Å². The van der Waals surface area contributed by atoms with Crippen molar-refractivity contribution in [2.24, 2.45) is 5.92 Å². The second-order valence-electron chi connectivity index (χ2n) is 20.1. The average Bonchev–Trinajstić information content (AvgIpc) is 3.65. The van der Waals surface area contributed by atoms with Crippen LogP contribution in [0.2, 0.25) is 0 Å². The number of ether oxygens (including phenoxy) is 3. The van der Waals surface area contributed by atoms with Crippen LogP contribution in [0.4, 0.5) is 5.82 Å². The zero-order chi connectivity index (χ0) is 56.9. The molecule has 1 aliphatic heterocycles. The first-order valence-electron chi connectivity index (χ1n) is 27.8. The van der Waals surface area contributed by atoms with Crippen molar-refractivity contribution >= 4 is 33.4 Å². The molecule has 1 aromatic heterocycles. The molecule has 1 fully saturated rings. The summed E-state index contributed by atoms with van der Waals surface area (Å²) < 4.78 is 56.6. The topological polar surface area (TPSA) is 326 Å². The zero-order valence-corrected chi connectivity index (χ0v) is 47.5. The molecule has 0 aliphatic carbocycles. The van der Waals surface area contributed by atoms with Gasteiger partial charge in [-0.1, -0.05) is 191 Å². The number of aromatic nitrogens is 2. The molecule has 0 radical (unpaired) electrons. The predicted octanol–water partition coefficient (Wildman–Crippen LogP) is 8.89. The van der Waals surface area contributed by atoms with Gasteiger partial charge in [-0.3, -0.25) is 23.2 Å². The number of nitrogens with zero attached hydrogens (tertiary/aromatic N) is 2. The smallest absolute Gasteiger partial charge is 0.462 e. The Morgan fingerprint density at radius 2 is 1.23 bits per heavy atom. The number of hydrogen-bond donors (Lipinski definition) is 8. The number of phosphoric ester groups is 2. The van der Waals surface area contributed by atoms with Crippen LogP contribution < -0.4 is 11.4 Å². The van der Waals surface area contributed by atoms with Crippen LogP contribution >= 0.6 is 15.6 Å². The summed E-state index contributed by atoms with van der Waals surface area (Å²) >= 11 is 0. The lowest BCUT2D eigenvalue weighted by atomic mass is 10.0. The summed E-state index contributed by atoms with van der Waals surface area (Å²) in [4.78, 5) is 62.1. The first-order chi connectivity index (χ1) is 36.7. The molecule has 0 bridgehead atoms. The normalized spacial score (nSPS) is 20.3. The summed E-state index contributed by atoms with van der Waals surface area (Å²) in [5, 5.41) is 51.8. The SMILES string of the molecule is CCCCC[C@H](O)/C=C/C=C\C=C\C=C\[C@H](O)[C@@H](O)CCCC(=O)O[C@H](COC(=O)CCCCCCCCCCCCCCCCCCC(C)C)COP(=O)(O)OP(=O)(O)OC[C@H]1O[C@@H](n2ccc(N)nc2=O)[C@H](O)[C@@H]1O. The van der Waals surface area contributed by atoms with Gasteiger partial charge in [0.1, 0.15) is 30.7 Å². The quantitative estimate of drug-likeness (QED) is 0.0131. The molecule has 2 rings (SSSR count). The van der Waals surface area contributed by atoms with E-state index in [1.54, 1.807) is 36.5 Å². The highest BCUT2D eigenvalue weighted by Gasteiger charge is 2.46. The Morgan fingerprint density at radius 1 is 0.701 bits per heavy atom. The first kappa shape index (κ1) is 69.7. The number of aliphatic hydroxyl groups excluding tert-OH is 5. The summed E-state index contributed by atoms with van der Waals surface area (Å²) in [6.07, 6.45) is 26.8. The summed E-state index contributed by atoms with van der Waals surface area (Å²) in [7, 11) is -11.0. The van der Waals surface area contributed by atoms with Crippen molar-refractivity contribution in [2.45, 2.75) is 230 Å². The third-order valence-corrected chi connectivity index (χ3v) is 15.3. The molecular weight excluding hydrogens is 1040 g/mol.